The Bertz CT molecular complexity index is 599. The average molecular weight is 274 g/mol. The third kappa shape index (κ3) is 2.41. The number of halogens is 1. The normalized spacial score (nSPS) is 19.1. The van der Waals surface area contributed by atoms with Crippen LogP contribution in [-0.4, -0.2) is 39.1 Å². The number of pyridine rings is 1. The lowest BCUT2D eigenvalue weighted by atomic mass is 9.94. The Morgan fingerprint density at radius 2 is 2.30 bits per heavy atom. The summed E-state index contributed by atoms with van der Waals surface area (Å²) in [6, 6.07) is 4.97. The molecule has 1 unspecified atom stereocenters. The van der Waals surface area contributed by atoms with Crippen LogP contribution in [0, 0.1) is 5.95 Å². The molecule has 1 aliphatic heterocycles. The van der Waals surface area contributed by atoms with Crippen molar-refractivity contribution in [3.63, 3.8) is 0 Å². The summed E-state index contributed by atoms with van der Waals surface area (Å²) >= 11 is 0. The van der Waals surface area contributed by atoms with E-state index in [0.29, 0.717) is 13.1 Å². The summed E-state index contributed by atoms with van der Waals surface area (Å²) in [6.07, 6.45) is 4.95. The molecule has 0 saturated carbocycles. The molecule has 0 radical (unpaired) electrons. The zero-order valence-corrected chi connectivity index (χ0v) is 10.9. The summed E-state index contributed by atoms with van der Waals surface area (Å²) in [5, 5.41) is 6.88. The zero-order chi connectivity index (χ0) is 13.9. The van der Waals surface area contributed by atoms with Gasteiger partial charge in [0.25, 0.3) is 5.91 Å². The topological polar surface area (TPSA) is 61.9 Å². The van der Waals surface area contributed by atoms with Crippen LogP contribution in [0.4, 0.5) is 4.39 Å². The molecule has 1 fully saturated rings. The van der Waals surface area contributed by atoms with Crippen molar-refractivity contribution < 1.29 is 9.18 Å². The van der Waals surface area contributed by atoms with Crippen LogP contribution < -0.4 is 0 Å². The highest BCUT2D eigenvalue weighted by Crippen LogP contribution is 2.26. The number of amides is 1. The van der Waals surface area contributed by atoms with Crippen LogP contribution in [0.5, 0.6) is 0 Å². The van der Waals surface area contributed by atoms with Crippen molar-refractivity contribution in [2.45, 2.75) is 18.8 Å². The highest BCUT2D eigenvalue weighted by Gasteiger charge is 2.27. The van der Waals surface area contributed by atoms with Gasteiger partial charge in [-0.15, -0.1) is 0 Å². The van der Waals surface area contributed by atoms with Gasteiger partial charge in [-0.25, -0.2) is 4.98 Å². The molecule has 3 heterocycles. The summed E-state index contributed by atoms with van der Waals surface area (Å²) in [5.41, 5.74) is 1.06. The minimum atomic E-state index is -0.707. The molecule has 3 rings (SSSR count). The van der Waals surface area contributed by atoms with Crippen molar-refractivity contribution in [3.8, 4) is 0 Å². The first-order valence-electron chi connectivity index (χ1n) is 6.65. The van der Waals surface area contributed by atoms with Crippen molar-refractivity contribution in [2.24, 2.45) is 0 Å². The molecule has 6 heteroatoms. The third-order valence-corrected chi connectivity index (χ3v) is 3.66. The van der Waals surface area contributed by atoms with E-state index in [0.717, 1.165) is 18.5 Å². The van der Waals surface area contributed by atoms with Crippen LogP contribution in [-0.2, 0) is 0 Å². The van der Waals surface area contributed by atoms with Gasteiger partial charge in [0.05, 0.1) is 5.56 Å². The van der Waals surface area contributed by atoms with E-state index >= 15 is 0 Å². The lowest BCUT2D eigenvalue weighted by Gasteiger charge is -2.32. The van der Waals surface area contributed by atoms with Gasteiger partial charge in [-0.2, -0.15) is 9.49 Å². The molecule has 0 aliphatic carbocycles. The van der Waals surface area contributed by atoms with Gasteiger partial charge in [0.2, 0.25) is 5.95 Å². The number of nitrogens with one attached hydrogen (secondary N) is 1. The molecule has 1 atom stereocenters. The quantitative estimate of drug-likeness (QED) is 0.852. The van der Waals surface area contributed by atoms with E-state index in [1.807, 2.05) is 6.07 Å². The van der Waals surface area contributed by atoms with Gasteiger partial charge >= 0.3 is 0 Å². The number of likely N-dealkylation sites (tertiary alicyclic amines) is 1. The fourth-order valence-electron chi connectivity index (χ4n) is 2.63. The second kappa shape index (κ2) is 5.40. The predicted octanol–water partition coefficient (Wildman–Crippen LogP) is 1.96. The van der Waals surface area contributed by atoms with E-state index in [2.05, 4.69) is 15.2 Å². The number of carbonyl (C=O) groups is 1. The molecule has 2 aromatic rings. The number of aromatic amines is 1. The van der Waals surface area contributed by atoms with E-state index < -0.39 is 5.95 Å². The highest BCUT2D eigenvalue weighted by molar-refractivity contribution is 5.94. The summed E-state index contributed by atoms with van der Waals surface area (Å²) in [6.45, 7) is 1.23. The SMILES string of the molecule is O=C(c1cccnc1F)N1CCCC(c2ccn[nH]2)C1. The van der Waals surface area contributed by atoms with E-state index in [-0.39, 0.29) is 17.4 Å². The lowest BCUT2D eigenvalue weighted by molar-refractivity contribution is 0.0700. The summed E-state index contributed by atoms with van der Waals surface area (Å²) in [5.74, 6) is -0.768. The molecule has 1 aliphatic rings. The Labute approximate surface area is 115 Å². The molecule has 2 aromatic heterocycles. The Hall–Kier alpha value is -2.24. The van der Waals surface area contributed by atoms with Gasteiger partial charge in [0, 0.05) is 37.1 Å². The molecular weight excluding hydrogens is 259 g/mol. The Morgan fingerprint density at radius 3 is 3.05 bits per heavy atom. The second-order valence-electron chi connectivity index (χ2n) is 4.94. The number of aromatic nitrogens is 3. The van der Waals surface area contributed by atoms with E-state index in [1.54, 1.807) is 17.2 Å². The summed E-state index contributed by atoms with van der Waals surface area (Å²) < 4.78 is 13.6. The van der Waals surface area contributed by atoms with Gasteiger partial charge in [0.15, 0.2) is 0 Å². The second-order valence-corrected chi connectivity index (χ2v) is 4.94. The van der Waals surface area contributed by atoms with Gasteiger partial charge in [-0.1, -0.05) is 0 Å². The third-order valence-electron chi connectivity index (χ3n) is 3.66. The van der Waals surface area contributed by atoms with E-state index in [1.165, 1.54) is 12.3 Å². The molecule has 20 heavy (non-hydrogen) atoms. The van der Waals surface area contributed by atoms with Crippen molar-refractivity contribution >= 4 is 5.91 Å². The number of piperidine rings is 1. The molecule has 0 bridgehead atoms. The van der Waals surface area contributed by atoms with Crippen molar-refractivity contribution in [1.29, 1.82) is 0 Å². The zero-order valence-electron chi connectivity index (χ0n) is 10.9. The monoisotopic (exact) mass is 274 g/mol. The minimum Gasteiger partial charge on any atom is -0.338 e. The van der Waals surface area contributed by atoms with Crippen LogP contribution >= 0.6 is 0 Å². The van der Waals surface area contributed by atoms with Gasteiger partial charge in [-0.3, -0.25) is 9.89 Å². The van der Waals surface area contributed by atoms with E-state index in [9.17, 15) is 9.18 Å². The van der Waals surface area contributed by atoms with Gasteiger partial charge in [0.1, 0.15) is 0 Å². The Balaban J connectivity index is 1.77. The number of hydrogen-bond donors (Lipinski definition) is 1. The molecule has 0 spiro atoms. The molecule has 1 saturated heterocycles. The largest absolute Gasteiger partial charge is 0.338 e. The first-order valence-corrected chi connectivity index (χ1v) is 6.65. The number of rotatable bonds is 2. The number of hydrogen-bond acceptors (Lipinski definition) is 3. The maximum atomic E-state index is 13.6. The summed E-state index contributed by atoms with van der Waals surface area (Å²) in [7, 11) is 0. The maximum Gasteiger partial charge on any atom is 0.258 e. The fourth-order valence-corrected chi connectivity index (χ4v) is 2.63. The van der Waals surface area contributed by atoms with Crippen LogP contribution in [0.25, 0.3) is 0 Å². The van der Waals surface area contributed by atoms with Gasteiger partial charge in [-0.05, 0) is 31.0 Å². The smallest absolute Gasteiger partial charge is 0.258 e. The van der Waals surface area contributed by atoms with Crippen molar-refractivity contribution in [1.82, 2.24) is 20.1 Å². The number of nitrogens with zero attached hydrogens (tertiary/aromatic N) is 3. The van der Waals surface area contributed by atoms with Crippen molar-refractivity contribution in [3.05, 3.63) is 47.8 Å². The predicted molar refractivity (Wildman–Crippen MR) is 70.7 cm³/mol. The number of carbonyl (C=O) groups excluding carboxylic acids is 1. The molecule has 1 amide bonds. The van der Waals surface area contributed by atoms with Crippen LogP contribution in [0.1, 0.15) is 34.8 Å². The maximum absolute atomic E-state index is 13.6. The summed E-state index contributed by atoms with van der Waals surface area (Å²) in [4.78, 5) is 17.6. The van der Waals surface area contributed by atoms with Crippen LogP contribution in [0.3, 0.4) is 0 Å². The van der Waals surface area contributed by atoms with Crippen molar-refractivity contribution in [2.75, 3.05) is 13.1 Å². The molecule has 0 aromatic carbocycles. The first-order chi connectivity index (χ1) is 9.75. The minimum absolute atomic E-state index is 0.0396. The van der Waals surface area contributed by atoms with Crippen LogP contribution in [0.2, 0.25) is 0 Å². The highest BCUT2D eigenvalue weighted by atomic mass is 19.1. The Morgan fingerprint density at radius 1 is 1.40 bits per heavy atom. The van der Waals surface area contributed by atoms with Crippen LogP contribution in [0.15, 0.2) is 30.6 Å². The standard InChI is InChI=1S/C14H15FN4O/c15-13-11(4-1-6-16-13)14(20)19-8-2-3-10(9-19)12-5-7-17-18-12/h1,4-7,10H,2-3,8-9H2,(H,17,18). The fraction of sp³-hybridized carbons (Fsp3) is 0.357. The molecule has 104 valence electrons. The Kier molecular flexibility index (Phi) is 3.45. The molecular formula is C14H15FN4O. The lowest BCUT2D eigenvalue weighted by Crippen LogP contribution is -2.39. The van der Waals surface area contributed by atoms with E-state index in [4.69, 9.17) is 0 Å². The number of H-pyrrole nitrogens is 1. The molecule has 5 nitrogen and oxygen atoms in total. The van der Waals surface area contributed by atoms with Gasteiger partial charge < -0.3 is 4.90 Å². The first kappa shape index (κ1) is 12.8. The molecule has 1 N–H and O–H groups in total. The average Bonchev–Trinajstić information content (AvgIpc) is 3.01.